The lowest BCUT2D eigenvalue weighted by Gasteiger charge is -2.34. The highest BCUT2D eigenvalue weighted by atomic mass is 16.2. The number of benzene rings is 1. The van der Waals surface area contributed by atoms with Gasteiger partial charge in [-0.15, -0.1) is 0 Å². The largest absolute Gasteiger partial charge is 0.338 e. The second-order valence-corrected chi connectivity index (χ2v) is 5.41. The highest BCUT2D eigenvalue weighted by Crippen LogP contribution is 2.33. The molecule has 5 heteroatoms. The Bertz CT molecular complexity index is 649. The van der Waals surface area contributed by atoms with E-state index in [-0.39, 0.29) is 11.9 Å². The lowest BCUT2D eigenvalue weighted by atomic mass is 9.86. The third-order valence-corrected chi connectivity index (χ3v) is 3.94. The number of rotatable bonds is 2. The van der Waals surface area contributed by atoms with Gasteiger partial charge in [0.25, 0.3) is 0 Å². The zero-order valence-electron chi connectivity index (χ0n) is 12.4. The molecule has 0 saturated heterocycles. The van der Waals surface area contributed by atoms with Crippen molar-refractivity contribution in [1.82, 2.24) is 20.0 Å². The number of hydrogen-bond acceptors (Lipinski definition) is 2. The first-order valence-corrected chi connectivity index (χ1v) is 7.28. The highest BCUT2D eigenvalue weighted by Gasteiger charge is 2.29. The molecule has 2 amide bonds. The fourth-order valence-electron chi connectivity index (χ4n) is 2.93. The van der Waals surface area contributed by atoms with Crippen LogP contribution in [0.4, 0.5) is 4.79 Å². The zero-order valence-corrected chi connectivity index (χ0v) is 12.4. The molecule has 1 aromatic carbocycles. The van der Waals surface area contributed by atoms with E-state index in [1.54, 1.807) is 0 Å². The number of carbonyl (C=O) groups excluding carboxylic acids is 1. The summed E-state index contributed by atoms with van der Waals surface area (Å²) in [6, 6.07) is 8.34. The van der Waals surface area contributed by atoms with Crippen LogP contribution in [-0.2, 0) is 13.6 Å². The number of aromatic nitrogens is 2. The zero-order chi connectivity index (χ0) is 14.8. The van der Waals surface area contributed by atoms with Gasteiger partial charge in [-0.05, 0) is 23.6 Å². The monoisotopic (exact) mass is 284 g/mol. The highest BCUT2D eigenvalue weighted by molar-refractivity contribution is 5.74. The molecule has 3 rings (SSSR count). The lowest BCUT2D eigenvalue weighted by Crippen LogP contribution is -2.44. The third kappa shape index (κ3) is 2.63. The first-order valence-electron chi connectivity index (χ1n) is 7.28. The van der Waals surface area contributed by atoms with Crippen molar-refractivity contribution in [2.45, 2.75) is 19.4 Å². The maximum atomic E-state index is 12.2. The van der Waals surface area contributed by atoms with Gasteiger partial charge in [-0.1, -0.05) is 24.3 Å². The first kappa shape index (κ1) is 13.7. The van der Waals surface area contributed by atoms with Crippen molar-refractivity contribution in [3.8, 4) is 0 Å². The third-order valence-electron chi connectivity index (χ3n) is 3.94. The molecule has 0 aliphatic carbocycles. The van der Waals surface area contributed by atoms with E-state index >= 15 is 0 Å². The van der Waals surface area contributed by atoms with Crippen molar-refractivity contribution in [3.05, 3.63) is 53.3 Å². The summed E-state index contributed by atoms with van der Waals surface area (Å²) >= 11 is 0. The van der Waals surface area contributed by atoms with Crippen molar-refractivity contribution < 1.29 is 4.79 Å². The van der Waals surface area contributed by atoms with E-state index in [2.05, 4.69) is 28.6 Å². The average Bonchev–Trinajstić information content (AvgIpc) is 2.93. The van der Waals surface area contributed by atoms with Crippen LogP contribution in [0.2, 0.25) is 0 Å². The van der Waals surface area contributed by atoms with Crippen molar-refractivity contribution in [2.75, 3.05) is 13.1 Å². The summed E-state index contributed by atoms with van der Waals surface area (Å²) in [6.07, 6.45) is 3.92. The summed E-state index contributed by atoms with van der Waals surface area (Å²) < 4.78 is 1.81. The number of nitrogens with zero attached hydrogens (tertiary/aromatic N) is 3. The molecule has 1 aliphatic heterocycles. The van der Waals surface area contributed by atoms with Crippen LogP contribution in [0, 0.1) is 0 Å². The van der Waals surface area contributed by atoms with E-state index in [0.29, 0.717) is 19.6 Å². The Morgan fingerprint density at radius 2 is 2.24 bits per heavy atom. The molecule has 0 fully saturated rings. The molecule has 1 aromatic heterocycles. The van der Waals surface area contributed by atoms with Gasteiger partial charge in [-0.3, -0.25) is 4.68 Å². The van der Waals surface area contributed by atoms with Crippen molar-refractivity contribution >= 4 is 6.03 Å². The van der Waals surface area contributed by atoms with E-state index in [4.69, 9.17) is 0 Å². The molecule has 110 valence electrons. The van der Waals surface area contributed by atoms with E-state index in [0.717, 1.165) is 5.56 Å². The number of urea groups is 1. The number of carbonyl (C=O) groups is 1. The molecular formula is C16H20N4O. The fraction of sp³-hybridized carbons (Fsp3) is 0.375. The summed E-state index contributed by atoms with van der Waals surface area (Å²) in [5, 5.41) is 7.16. The predicted octanol–water partition coefficient (Wildman–Crippen LogP) is 2.10. The maximum Gasteiger partial charge on any atom is 0.317 e. The Balaban J connectivity index is 1.96. The fourth-order valence-corrected chi connectivity index (χ4v) is 2.93. The van der Waals surface area contributed by atoms with Gasteiger partial charge >= 0.3 is 6.03 Å². The molecule has 0 radical (unpaired) electrons. The van der Waals surface area contributed by atoms with E-state index < -0.39 is 0 Å². The molecule has 2 aromatic rings. The van der Waals surface area contributed by atoms with Crippen molar-refractivity contribution in [2.24, 2.45) is 7.05 Å². The maximum absolute atomic E-state index is 12.2. The second-order valence-electron chi connectivity index (χ2n) is 5.41. The van der Waals surface area contributed by atoms with Crippen LogP contribution >= 0.6 is 0 Å². The van der Waals surface area contributed by atoms with Crippen LogP contribution in [0.15, 0.2) is 36.7 Å². The molecule has 0 bridgehead atoms. The van der Waals surface area contributed by atoms with Crippen LogP contribution in [0.3, 0.4) is 0 Å². The topological polar surface area (TPSA) is 50.2 Å². The summed E-state index contributed by atoms with van der Waals surface area (Å²) in [4.78, 5) is 14.1. The number of amides is 2. The van der Waals surface area contributed by atoms with Gasteiger partial charge in [0, 0.05) is 38.8 Å². The van der Waals surface area contributed by atoms with Gasteiger partial charge in [0.2, 0.25) is 0 Å². The lowest BCUT2D eigenvalue weighted by molar-refractivity contribution is 0.189. The number of nitrogens with one attached hydrogen (secondary N) is 1. The van der Waals surface area contributed by atoms with Crippen LogP contribution in [0.25, 0.3) is 0 Å². The first-order chi connectivity index (χ1) is 10.2. The number of fused-ring (bicyclic) bond motifs is 1. The quantitative estimate of drug-likeness (QED) is 0.918. The molecular weight excluding hydrogens is 264 g/mol. The summed E-state index contributed by atoms with van der Waals surface area (Å²) in [7, 11) is 1.92. The Labute approximate surface area is 124 Å². The molecule has 5 nitrogen and oxygen atoms in total. The normalized spacial score (nSPS) is 17.4. The molecule has 1 aliphatic rings. The van der Waals surface area contributed by atoms with Crippen LogP contribution in [0.1, 0.15) is 29.5 Å². The minimum atomic E-state index is 0.000827. The Hall–Kier alpha value is -2.30. The van der Waals surface area contributed by atoms with Gasteiger partial charge in [0.1, 0.15) is 0 Å². The SMILES string of the molecule is CCNC(=O)N1Cc2ccccc2C(c2cnn(C)c2)C1. The molecule has 1 unspecified atom stereocenters. The summed E-state index contributed by atoms with van der Waals surface area (Å²) in [5.41, 5.74) is 3.66. The molecule has 21 heavy (non-hydrogen) atoms. The standard InChI is InChI=1S/C16H20N4O/c1-3-17-16(21)20-10-12-6-4-5-7-14(12)15(11-20)13-8-18-19(2)9-13/h4-9,15H,3,10-11H2,1-2H3,(H,17,21). The number of hydrogen-bond donors (Lipinski definition) is 1. The minimum absolute atomic E-state index is 0.000827. The minimum Gasteiger partial charge on any atom is -0.338 e. The molecule has 1 N–H and O–H groups in total. The van der Waals surface area contributed by atoms with E-state index in [1.165, 1.54) is 11.1 Å². The van der Waals surface area contributed by atoms with E-state index in [9.17, 15) is 4.79 Å². The molecule has 0 saturated carbocycles. The average molecular weight is 284 g/mol. The molecule has 2 heterocycles. The van der Waals surface area contributed by atoms with Gasteiger partial charge < -0.3 is 10.2 Å². The van der Waals surface area contributed by atoms with Gasteiger partial charge in [-0.2, -0.15) is 5.10 Å². The molecule has 1 atom stereocenters. The van der Waals surface area contributed by atoms with Gasteiger partial charge in [0.15, 0.2) is 0 Å². The Morgan fingerprint density at radius 3 is 2.95 bits per heavy atom. The van der Waals surface area contributed by atoms with Gasteiger partial charge in [0.05, 0.1) is 6.20 Å². The smallest absolute Gasteiger partial charge is 0.317 e. The van der Waals surface area contributed by atoms with E-state index in [1.807, 2.05) is 42.0 Å². The van der Waals surface area contributed by atoms with Crippen molar-refractivity contribution in [3.63, 3.8) is 0 Å². The molecule has 0 spiro atoms. The Morgan fingerprint density at radius 1 is 1.43 bits per heavy atom. The predicted molar refractivity (Wildman–Crippen MR) is 81.0 cm³/mol. The van der Waals surface area contributed by atoms with Gasteiger partial charge in [-0.25, -0.2) is 4.79 Å². The van der Waals surface area contributed by atoms with Crippen LogP contribution in [-0.4, -0.2) is 33.8 Å². The summed E-state index contributed by atoms with van der Waals surface area (Å²) in [6.45, 7) is 3.94. The van der Waals surface area contributed by atoms with Crippen LogP contribution < -0.4 is 5.32 Å². The summed E-state index contributed by atoms with van der Waals surface area (Å²) in [5.74, 6) is 0.186. The number of aryl methyl sites for hydroxylation is 1. The van der Waals surface area contributed by atoms with Crippen molar-refractivity contribution in [1.29, 1.82) is 0 Å². The Kier molecular flexibility index (Phi) is 3.64. The van der Waals surface area contributed by atoms with Crippen LogP contribution in [0.5, 0.6) is 0 Å². The second kappa shape index (κ2) is 5.60.